The lowest BCUT2D eigenvalue weighted by atomic mass is 10.1. The van der Waals surface area contributed by atoms with E-state index in [9.17, 15) is 4.79 Å². The number of carbonyl (C=O) groups excluding carboxylic acids is 1. The van der Waals surface area contributed by atoms with E-state index in [1.807, 2.05) is 32.0 Å². The van der Waals surface area contributed by atoms with E-state index >= 15 is 0 Å². The molecule has 0 aliphatic rings. The van der Waals surface area contributed by atoms with Gasteiger partial charge in [-0.25, -0.2) is 9.97 Å². The number of carbonyl (C=O) groups is 1. The largest absolute Gasteiger partial charge is 0.490 e. The van der Waals surface area contributed by atoms with E-state index in [0.717, 1.165) is 11.1 Å². The first-order chi connectivity index (χ1) is 16.6. The second-order valence-corrected chi connectivity index (χ2v) is 7.31. The molecule has 0 radical (unpaired) electrons. The fourth-order valence-corrected chi connectivity index (χ4v) is 3.16. The highest BCUT2D eigenvalue weighted by Crippen LogP contribution is 2.30. The molecule has 0 spiro atoms. The molecule has 2 heterocycles. The van der Waals surface area contributed by atoms with Crippen molar-refractivity contribution < 1.29 is 19.0 Å². The molecule has 8 nitrogen and oxygen atoms in total. The highest BCUT2D eigenvalue weighted by molar-refractivity contribution is 6.05. The Morgan fingerprint density at radius 1 is 0.941 bits per heavy atom. The highest BCUT2D eigenvalue weighted by Gasteiger charge is 2.14. The number of nitrogens with zero attached hydrogens (tertiary/aromatic N) is 3. The predicted octanol–water partition coefficient (Wildman–Crippen LogP) is 5.20. The molecule has 0 unspecified atom stereocenters. The van der Waals surface area contributed by atoms with Gasteiger partial charge in [-0.15, -0.1) is 0 Å². The first-order valence-corrected chi connectivity index (χ1v) is 10.8. The van der Waals surface area contributed by atoms with E-state index in [-0.39, 0.29) is 11.9 Å². The van der Waals surface area contributed by atoms with Crippen molar-refractivity contribution in [2.75, 3.05) is 11.9 Å². The number of amides is 1. The van der Waals surface area contributed by atoms with Gasteiger partial charge >= 0.3 is 6.01 Å². The number of pyridine rings is 1. The molecule has 0 atom stereocenters. The summed E-state index contributed by atoms with van der Waals surface area (Å²) in [5.41, 5.74) is 2.90. The van der Waals surface area contributed by atoms with Crippen molar-refractivity contribution in [2.45, 2.75) is 20.5 Å². The molecule has 0 saturated heterocycles. The number of anilines is 1. The van der Waals surface area contributed by atoms with Crippen LogP contribution in [0.2, 0.25) is 0 Å². The third-order valence-corrected chi connectivity index (χ3v) is 4.82. The minimum absolute atomic E-state index is 0.257. The number of aryl methyl sites for hydroxylation is 1. The zero-order valence-corrected chi connectivity index (χ0v) is 18.9. The number of nitrogens with one attached hydrogen (secondary N) is 1. The minimum Gasteiger partial charge on any atom is -0.490 e. The van der Waals surface area contributed by atoms with E-state index < -0.39 is 0 Å². The quantitative estimate of drug-likeness (QED) is 0.370. The average Bonchev–Trinajstić information content (AvgIpc) is 2.86. The molecule has 0 bridgehead atoms. The third kappa shape index (κ3) is 5.86. The number of hydrogen-bond donors (Lipinski definition) is 1. The van der Waals surface area contributed by atoms with Gasteiger partial charge in [0.25, 0.3) is 5.91 Å². The van der Waals surface area contributed by atoms with Gasteiger partial charge in [-0.3, -0.25) is 9.78 Å². The molecule has 4 aromatic rings. The average molecular weight is 457 g/mol. The molecule has 2 aromatic heterocycles. The second-order valence-electron chi connectivity index (χ2n) is 7.31. The SMILES string of the molecule is CCOc1cc(C(=O)Nc2ccc(Oc3ncccn3)cc2C)ccc1OCc1cccnc1. The number of ether oxygens (including phenoxy) is 3. The van der Waals surface area contributed by atoms with E-state index in [1.165, 1.54) is 0 Å². The Morgan fingerprint density at radius 2 is 1.79 bits per heavy atom. The van der Waals surface area contributed by atoms with Crippen LogP contribution < -0.4 is 19.5 Å². The van der Waals surface area contributed by atoms with Crippen LogP contribution in [0.25, 0.3) is 0 Å². The number of benzene rings is 2. The molecule has 0 aliphatic carbocycles. The van der Waals surface area contributed by atoms with Crippen LogP contribution in [0.1, 0.15) is 28.4 Å². The molecule has 1 N–H and O–H groups in total. The van der Waals surface area contributed by atoms with Crippen molar-refractivity contribution in [3.8, 4) is 23.3 Å². The number of rotatable bonds is 9. The van der Waals surface area contributed by atoms with Gasteiger partial charge in [0.15, 0.2) is 11.5 Å². The molecule has 2 aromatic carbocycles. The van der Waals surface area contributed by atoms with Crippen LogP contribution in [0.3, 0.4) is 0 Å². The fourth-order valence-electron chi connectivity index (χ4n) is 3.16. The monoisotopic (exact) mass is 456 g/mol. The van der Waals surface area contributed by atoms with Crippen LogP contribution in [0.5, 0.6) is 23.3 Å². The normalized spacial score (nSPS) is 10.4. The van der Waals surface area contributed by atoms with Crippen molar-refractivity contribution in [1.82, 2.24) is 15.0 Å². The molecule has 0 aliphatic heterocycles. The Kier molecular flexibility index (Phi) is 7.29. The number of hydrogen-bond acceptors (Lipinski definition) is 7. The molecule has 4 rings (SSSR count). The molecule has 8 heteroatoms. The standard InChI is InChI=1S/C26H24N4O4/c1-3-32-24-15-20(7-10-23(24)33-17-19-6-4-11-27-16-19)25(31)30-22-9-8-21(14-18(22)2)34-26-28-12-5-13-29-26/h4-16H,3,17H2,1-2H3,(H,30,31). The molecule has 0 saturated carbocycles. The molecular weight excluding hydrogens is 432 g/mol. The van der Waals surface area contributed by atoms with E-state index in [0.29, 0.717) is 41.7 Å². The van der Waals surface area contributed by atoms with Crippen molar-refractivity contribution in [3.05, 3.63) is 96.1 Å². The van der Waals surface area contributed by atoms with Crippen molar-refractivity contribution in [2.24, 2.45) is 0 Å². The van der Waals surface area contributed by atoms with Crippen LogP contribution in [0.4, 0.5) is 5.69 Å². The Hall–Kier alpha value is -4.46. The molecular formula is C26H24N4O4. The molecule has 172 valence electrons. The Labute approximate surface area is 197 Å². The maximum Gasteiger partial charge on any atom is 0.321 e. The van der Waals surface area contributed by atoms with Crippen molar-refractivity contribution in [3.63, 3.8) is 0 Å². The predicted molar refractivity (Wildman–Crippen MR) is 127 cm³/mol. The summed E-state index contributed by atoms with van der Waals surface area (Å²) < 4.78 is 17.2. The summed E-state index contributed by atoms with van der Waals surface area (Å²) in [5, 5.41) is 2.93. The fraction of sp³-hybridized carbons (Fsp3) is 0.154. The Morgan fingerprint density at radius 3 is 2.53 bits per heavy atom. The summed E-state index contributed by atoms with van der Waals surface area (Å²) >= 11 is 0. The summed E-state index contributed by atoms with van der Waals surface area (Å²) in [6, 6.07) is 16.2. The molecule has 1 amide bonds. The number of aromatic nitrogens is 3. The highest BCUT2D eigenvalue weighted by atomic mass is 16.5. The van der Waals surface area contributed by atoms with Gasteiger partial charge in [0, 0.05) is 41.6 Å². The molecule has 0 fully saturated rings. The van der Waals surface area contributed by atoms with Crippen LogP contribution in [0.15, 0.2) is 79.4 Å². The zero-order valence-electron chi connectivity index (χ0n) is 18.9. The third-order valence-electron chi connectivity index (χ3n) is 4.82. The minimum atomic E-state index is -0.261. The van der Waals surface area contributed by atoms with E-state index in [2.05, 4.69) is 20.3 Å². The van der Waals surface area contributed by atoms with Gasteiger partial charge in [-0.05, 0) is 67.9 Å². The van der Waals surface area contributed by atoms with Crippen LogP contribution >= 0.6 is 0 Å². The van der Waals surface area contributed by atoms with Gasteiger partial charge in [0.1, 0.15) is 12.4 Å². The zero-order chi connectivity index (χ0) is 23.8. The van der Waals surface area contributed by atoms with Gasteiger partial charge in [0.05, 0.1) is 6.61 Å². The maximum atomic E-state index is 12.9. The van der Waals surface area contributed by atoms with Gasteiger partial charge in [-0.1, -0.05) is 6.07 Å². The Balaban J connectivity index is 1.45. The lowest BCUT2D eigenvalue weighted by Crippen LogP contribution is -2.13. The second kappa shape index (κ2) is 10.9. The molecule has 34 heavy (non-hydrogen) atoms. The summed E-state index contributed by atoms with van der Waals surface area (Å²) in [6.07, 6.45) is 6.67. The smallest absolute Gasteiger partial charge is 0.321 e. The van der Waals surface area contributed by atoms with Crippen molar-refractivity contribution in [1.29, 1.82) is 0 Å². The summed E-state index contributed by atoms with van der Waals surface area (Å²) in [7, 11) is 0. The van der Waals surface area contributed by atoms with Gasteiger partial charge < -0.3 is 19.5 Å². The lowest BCUT2D eigenvalue weighted by molar-refractivity contribution is 0.102. The van der Waals surface area contributed by atoms with E-state index in [1.54, 1.807) is 61.2 Å². The van der Waals surface area contributed by atoms with Gasteiger partial charge in [0.2, 0.25) is 0 Å². The summed E-state index contributed by atoms with van der Waals surface area (Å²) in [6.45, 7) is 4.56. The first kappa shape index (κ1) is 22.7. The van der Waals surface area contributed by atoms with Crippen molar-refractivity contribution >= 4 is 11.6 Å². The maximum absolute atomic E-state index is 12.9. The van der Waals surface area contributed by atoms with Gasteiger partial charge in [-0.2, -0.15) is 0 Å². The van der Waals surface area contributed by atoms with Crippen LogP contribution in [0, 0.1) is 6.92 Å². The topological polar surface area (TPSA) is 95.5 Å². The van der Waals surface area contributed by atoms with Crippen LogP contribution in [-0.2, 0) is 6.61 Å². The van der Waals surface area contributed by atoms with E-state index in [4.69, 9.17) is 14.2 Å². The van der Waals surface area contributed by atoms with Crippen LogP contribution in [-0.4, -0.2) is 27.5 Å². The Bertz CT molecular complexity index is 1250. The first-order valence-electron chi connectivity index (χ1n) is 10.8. The summed E-state index contributed by atoms with van der Waals surface area (Å²) in [4.78, 5) is 25.1. The lowest BCUT2D eigenvalue weighted by Gasteiger charge is -2.14. The summed E-state index contributed by atoms with van der Waals surface area (Å²) in [5.74, 6) is 1.38.